The number of rotatable bonds is 3. The van der Waals surface area contributed by atoms with E-state index >= 15 is 0 Å². The van der Waals surface area contributed by atoms with Gasteiger partial charge in [-0.3, -0.25) is 0 Å². The predicted molar refractivity (Wildman–Crippen MR) is 81.5 cm³/mol. The van der Waals surface area contributed by atoms with Gasteiger partial charge in [-0.05, 0) is 43.2 Å². The minimum Gasteiger partial charge on any atom is -0.496 e. The minimum atomic E-state index is -0.253. The highest BCUT2D eigenvalue weighted by molar-refractivity contribution is 6.30. The molecular weight excluding hydrogens is 291 g/mol. The Morgan fingerprint density at radius 2 is 2.19 bits per heavy atom. The number of halogens is 2. The van der Waals surface area contributed by atoms with Crippen molar-refractivity contribution in [1.29, 1.82) is 0 Å². The maximum Gasteiger partial charge on any atom is 0.130 e. The molecule has 1 aliphatic heterocycles. The van der Waals surface area contributed by atoms with Gasteiger partial charge in [0.1, 0.15) is 17.4 Å². The number of pyridine rings is 1. The highest BCUT2D eigenvalue weighted by atomic mass is 35.5. The third-order valence-corrected chi connectivity index (χ3v) is 4.04. The van der Waals surface area contributed by atoms with Crippen molar-refractivity contribution in [2.24, 2.45) is 0 Å². The van der Waals surface area contributed by atoms with Crippen LogP contribution in [0.3, 0.4) is 0 Å². The first kappa shape index (κ1) is 14.1. The Morgan fingerprint density at radius 1 is 1.33 bits per heavy atom. The third-order valence-electron chi connectivity index (χ3n) is 3.81. The van der Waals surface area contributed by atoms with Gasteiger partial charge in [-0.25, -0.2) is 9.37 Å². The predicted octanol–water partition coefficient (Wildman–Crippen LogP) is 4.22. The van der Waals surface area contributed by atoms with Crippen molar-refractivity contribution >= 4 is 17.4 Å². The fraction of sp³-hybridized carbons (Fsp3) is 0.312. The van der Waals surface area contributed by atoms with Crippen molar-refractivity contribution in [2.45, 2.75) is 18.9 Å². The van der Waals surface area contributed by atoms with Gasteiger partial charge < -0.3 is 9.64 Å². The van der Waals surface area contributed by atoms with Gasteiger partial charge in [0.2, 0.25) is 0 Å². The molecule has 3 nitrogen and oxygen atoms in total. The van der Waals surface area contributed by atoms with Crippen LogP contribution < -0.4 is 9.64 Å². The summed E-state index contributed by atoms with van der Waals surface area (Å²) in [5.41, 5.74) is 0.858. The van der Waals surface area contributed by atoms with Gasteiger partial charge in [-0.15, -0.1) is 0 Å². The lowest BCUT2D eigenvalue weighted by atomic mass is 10.0. The first-order valence-electron chi connectivity index (χ1n) is 6.90. The Balaban J connectivity index is 1.99. The highest BCUT2D eigenvalue weighted by Crippen LogP contribution is 2.39. The molecule has 5 heteroatoms. The van der Waals surface area contributed by atoms with E-state index in [1.165, 1.54) is 6.07 Å². The first-order valence-corrected chi connectivity index (χ1v) is 7.28. The Hall–Kier alpha value is -1.81. The monoisotopic (exact) mass is 306 g/mol. The van der Waals surface area contributed by atoms with Crippen molar-refractivity contribution in [3.8, 4) is 5.75 Å². The van der Waals surface area contributed by atoms with Crippen LogP contribution in [0.15, 0.2) is 36.5 Å². The molecule has 0 N–H and O–H groups in total. The molecule has 0 saturated carbocycles. The van der Waals surface area contributed by atoms with Crippen LogP contribution in [-0.4, -0.2) is 18.6 Å². The summed E-state index contributed by atoms with van der Waals surface area (Å²) in [6, 6.07) is 8.28. The Labute approximate surface area is 128 Å². The summed E-state index contributed by atoms with van der Waals surface area (Å²) in [5.74, 6) is 1.27. The number of benzene rings is 1. The van der Waals surface area contributed by atoms with E-state index in [1.54, 1.807) is 31.5 Å². The van der Waals surface area contributed by atoms with Crippen LogP contribution in [0.1, 0.15) is 24.4 Å². The zero-order valence-electron chi connectivity index (χ0n) is 11.7. The lowest BCUT2D eigenvalue weighted by molar-refractivity contribution is 0.404. The van der Waals surface area contributed by atoms with Gasteiger partial charge in [0.25, 0.3) is 0 Å². The highest BCUT2D eigenvalue weighted by Gasteiger charge is 2.29. The van der Waals surface area contributed by atoms with Crippen molar-refractivity contribution in [3.05, 3.63) is 52.9 Å². The quantitative estimate of drug-likeness (QED) is 0.849. The number of ether oxygens (including phenoxy) is 1. The molecule has 1 unspecified atom stereocenters. The second-order valence-electron chi connectivity index (χ2n) is 5.07. The molecule has 0 amide bonds. The first-order chi connectivity index (χ1) is 10.2. The molecule has 0 aliphatic carbocycles. The average molecular weight is 307 g/mol. The molecular formula is C16H16ClFN2O. The zero-order valence-corrected chi connectivity index (χ0v) is 12.5. The molecule has 3 rings (SSSR count). The molecule has 1 fully saturated rings. The Bertz CT molecular complexity index is 650. The van der Waals surface area contributed by atoms with Crippen molar-refractivity contribution < 1.29 is 9.13 Å². The number of hydrogen-bond donors (Lipinski definition) is 0. The topological polar surface area (TPSA) is 25.4 Å². The maximum absolute atomic E-state index is 13.6. The normalized spacial score (nSPS) is 18.0. The van der Waals surface area contributed by atoms with Crippen LogP contribution >= 0.6 is 11.6 Å². The summed E-state index contributed by atoms with van der Waals surface area (Å²) >= 11 is 6.05. The SMILES string of the molecule is COc1ccc(F)cc1C1CCCN1c1cc(Cl)ccn1. The lowest BCUT2D eigenvalue weighted by Gasteiger charge is -2.27. The van der Waals surface area contributed by atoms with Gasteiger partial charge in [-0.1, -0.05) is 11.6 Å². The van der Waals surface area contributed by atoms with Crippen molar-refractivity contribution in [1.82, 2.24) is 4.98 Å². The van der Waals surface area contributed by atoms with Crippen LogP contribution in [0.2, 0.25) is 5.02 Å². The fourth-order valence-corrected chi connectivity index (χ4v) is 3.03. The smallest absolute Gasteiger partial charge is 0.130 e. The van der Waals surface area contributed by atoms with Gasteiger partial charge in [-0.2, -0.15) is 0 Å². The van der Waals surface area contributed by atoms with Gasteiger partial charge in [0, 0.05) is 23.3 Å². The third kappa shape index (κ3) is 2.81. The summed E-state index contributed by atoms with van der Waals surface area (Å²) in [7, 11) is 1.60. The summed E-state index contributed by atoms with van der Waals surface area (Å²) in [4.78, 5) is 6.54. The van der Waals surface area contributed by atoms with E-state index in [1.807, 2.05) is 6.07 Å². The fourth-order valence-electron chi connectivity index (χ4n) is 2.88. The Kier molecular flexibility index (Phi) is 3.97. The summed E-state index contributed by atoms with van der Waals surface area (Å²) in [6.45, 7) is 0.873. The second-order valence-corrected chi connectivity index (χ2v) is 5.51. The van der Waals surface area contributed by atoms with E-state index < -0.39 is 0 Å². The van der Waals surface area contributed by atoms with Crippen LogP contribution in [0.25, 0.3) is 0 Å². The molecule has 110 valence electrons. The molecule has 1 aromatic heterocycles. The van der Waals surface area contributed by atoms with E-state index in [-0.39, 0.29) is 11.9 Å². The molecule has 0 bridgehead atoms. The van der Waals surface area contributed by atoms with Crippen LogP contribution in [0.4, 0.5) is 10.2 Å². The molecule has 1 aliphatic rings. The summed E-state index contributed by atoms with van der Waals surface area (Å²) in [6.07, 6.45) is 3.66. The number of methoxy groups -OCH3 is 1. The van der Waals surface area contributed by atoms with Crippen molar-refractivity contribution in [2.75, 3.05) is 18.6 Å². The molecule has 21 heavy (non-hydrogen) atoms. The number of nitrogens with zero attached hydrogens (tertiary/aromatic N) is 2. The summed E-state index contributed by atoms with van der Waals surface area (Å²) < 4.78 is 19.0. The minimum absolute atomic E-state index is 0.0571. The second kappa shape index (κ2) is 5.90. The van der Waals surface area contributed by atoms with Gasteiger partial charge >= 0.3 is 0 Å². The number of anilines is 1. The van der Waals surface area contributed by atoms with E-state index in [4.69, 9.17) is 16.3 Å². The lowest BCUT2D eigenvalue weighted by Crippen LogP contribution is -2.24. The van der Waals surface area contributed by atoms with Crippen molar-refractivity contribution in [3.63, 3.8) is 0 Å². The van der Waals surface area contributed by atoms with E-state index in [0.29, 0.717) is 10.8 Å². The maximum atomic E-state index is 13.6. The molecule has 0 spiro atoms. The zero-order chi connectivity index (χ0) is 14.8. The molecule has 2 aromatic rings. The largest absolute Gasteiger partial charge is 0.496 e. The average Bonchev–Trinajstić information content (AvgIpc) is 2.96. The number of aromatic nitrogens is 1. The standard InChI is InChI=1S/C16H16ClFN2O/c1-21-15-5-4-12(18)10-13(15)14-3-2-8-20(14)16-9-11(17)6-7-19-16/h4-7,9-10,14H,2-3,8H2,1H3. The summed E-state index contributed by atoms with van der Waals surface area (Å²) in [5, 5.41) is 0.650. The molecule has 2 heterocycles. The molecule has 1 saturated heterocycles. The molecule has 0 radical (unpaired) electrons. The van der Waals surface area contributed by atoms with Crippen LogP contribution in [0.5, 0.6) is 5.75 Å². The van der Waals surface area contributed by atoms with Gasteiger partial charge in [0.05, 0.1) is 13.2 Å². The van der Waals surface area contributed by atoms with Crippen LogP contribution in [0, 0.1) is 5.82 Å². The molecule has 1 aromatic carbocycles. The van der Waals surface area contributed by atoms with Crippen LogP contribution in [-0.2, 0) is 0 Å². The van der Waals surface area contributed by atoms with E-state index in [2.05, 4.69) is 9.88 Å². The van der Waals surface area contributed by atoms with Gasteiger partial charge in [0.15, 0.2) is 0 Å². The Morgan fingerprint density at radius 3 is 2.95 bits per heavy atom. The van der Waals surface area contributed by atoms with E-state index in [0.717, 1.165) is 30.8 Å². The number of hydrogen-bond acceptors (Lipinski definition) is 3. The molecule has 1 atom stereocenters. The van der Waals surface area contributed by atoms with E-state index in [9.17, 15) is 4.39 Å².